The Morgan fingerprint density at radius 2 is 0.586 bits per heavy atom. The van der Waals surface area contributed by atoms with Crippen molar-refractivity contribution in [3.8, 4) is 0 Å². The molecule has 0 radical (unpaired) electrons. The van der Waals surface area contributed by atoms with Crippen LogP contribution in [0.5, 0.6) is 0 Å². The standard InChI is InChI=1S/C64H106O6/c1-4-7-10-13-16-19-22-25-27-29-31-32-33-35-36-39-42-45-48-51-54-57-63(66)69-60-61(59-68-62(65)56-53-50-47-44-41-38-24-21-18-15-12-9-6-3)70-64(67)58-55-52-49-46-43-40-37-34-30-28-26-23-20-17-14-11-8-5-2/h7,9-10,12,16,18-19,21,25,27,31-32,35-36,38,41,47,50,61H,4-6,8,11,13-15,17,20,22-24,26,28-30,33-34,37,39-40,42-46,48-49,51-60H2,1-3H3/b10-7-,12-9-,19-16-,21-18-,27-25-,32-31-,36-35-,41-38-,50-47-. The molecule has 0 bridgehead atoms. The number of esters is 3. The predicted molar refractivity (Wildman–Crippen MR) is 302 cm³/mol. The Labute approximate surface area is 431 Å². The Balaban J connectivity index is 4.45. The molecule has 0 amide bonds. The Morgan fingerprint density at radius 1 is 0.300 bits per heavy atom. The molecule has 1 unspecified atom stereocenters. The average Bonchev–Trinajstić information content (AvgIpc) is 3.36. The summed E-state index contributed by atoms with van der Waals surface area (Å²) in [6.45, 7) is 6.34. The van der Waals surface area contributed by atoms with E-state index in [-0.39, 0.29) is 37.5 Å². The third kappa shape index (κ3) is 55.0. The molecule has 6 heteroatoms. The quantitative estimate of drug-likeness (QED) is 0.0262. The van der Waals surface area contributed by atoms with Crippen LogP contribution in [0.15, 0.2) is 109 Å². The molecule has 1 atom stereocenters. The fraction of sp³-hybridized carbons (Fsp3) is 0.672. The maximum Gasteiger partial charge on any atom is 0.306 e. The SMILES string of the molecule is CC/C=C\C/C=C\C/C=C\C/C=C\C/C=C\CCCCCCCC(=O)OCC(COC(=O)CC/C=C\C/C=C\C/C=C\C/C=C\CC)OC(=O)CCCCCCCCCCCCCCCCCCCC. The molecular formula is C64H106O6. The number of allylic oxidation sites excluding steroid dienone is 18. The zero-order chi connectivity index (χ0) is 50.7. The van der Waals surface area contributed by atoms with E-state index in [1.165, 1.54) is 96.3 Å². The number of hydrogen-bond donors (Lipinski definition) is 0. The van der Waals surface area contributed by atoms with Gasteiger partial charge in [-0.15, -0.1) is 0 Å². The van der Waals surface area contributed by atoms with Crippen LogP contribution in [-0.2, 0) is 28.6 Å². The zero-order valence-corrected chi connectivity index (χ0v) is 45.5. The van der Waals surface area contributed by atoms with Gasteiger partial charge < -0.3 is 14.2 Å². The average molecular weight is 972 g/mol. The van der Waals surface area contributed by atoms with Crippen LogP contribution in [0.3, 0.4) is 0 Å². The molecule has 6 nitrogen and oxygen atoms in total. The number of carbonyl (C=O) groups is 3. The predicted octanol–water partition coefficient (Wildman–Crippen LogP) is 19.5. The first-order valence-electron chi connectivity index (χ1n) is 28.9. The molecule has 0 aromatic carbocycles. The lowest BCUT2D eigenvalue weighted by Gasteiger charge is -2.18. The van der Waals surface area contributed by atoms with Crippen molar-refractivity contribution in [3.05, 3.63) is 109 Å². The van der Waals surface area contributed by atoms with Crippen LogP contribution in [0.4, 0.5) is 0 Å². The molecule has 0 aromatic heterocycles. The number of rotatable bonds is 51. The van der Waals surface area contributed by atoms with Gasteiger partial charge in [0.2, 0.25) is 0 Å². The highest BCUT2D eigenvalue weighted by atomic mass is 16.6. The summed E-state index contributed by atoms with van der Waals surface area (Å²) in [6, 6.07) is 0. The van der Waals surface area contributed by atoms with Gasteiger partial charge in [-0.2, -0.15) is 0 Å². The summed E-state index contributed by atoms with van der Waals surface area (Å²) in [4.78, 5) is 38.1. The minimum absolute atomic E-state index is 0.110. The van der Waals surface area contributed by atoms with Crippen molar-refractivity contribution in [3.63, 3.8) is 0 Å². The van der Waals surface area contributed by atoms with Gasteiger partial charge in [0.05, 0.1) is 0 Å². The molecule has 0 rings (SSSR count). The fourth-order valence-electron chi connectivity index (χ4n) is 7.78. The number of ether oxygens (including phenoxy) is 3. The summed E-state index contributed by atoms with van der Waals surface area (Å²) in [6.07, 6.45) is 78.1. The van der Waals surface area contributed by atoms with Crippen LogP contribution in [0.1, 0.15) is 258 Å². The molecule has 0 aliphatic carbocycles. The van der Waals surface area contributed by atoms with Crippen molar-refractivity contribution in [2.24, 2.45) is 0 Å². The van der Waals surface area contributed by atoms with E-state index in [2.05, 4.69) is 124 Å². The molecule has 0 fully saturated rings. The zero-order valence-electron chi connectivity index (χ0n) is 45.5. The topological polar surface area (TPSA) is 78.9 Å². The van der Waals surface area contributed by atoms with Gasteiger partial charge in [-0.1, -0.05) is 259 Å². The van der Waals surface area contributed by atoms with E-state index in [4.69, 9.17) is 14.2 Å². The minimum atomic E-state index is -0.815. The molecule has 0 N–H and O–H groups in total. The summed E-state index contributed by atoms with van der Waals surface area (Å²) in [5, 5.41) is 0. The van der Waals surface area contributed by atoms with Gasteiger partial charge in [-0.25, -0.2) is 0 Å². The Bertz CT molecular complexity index is 1440. The van der Waals surface area contributed by atoms with Gasteiger partial charge in [-0.05, 0) is 89.9 Å². The van der Waals surface area contributed by atoms with Crippen LogP contribution in [0.25, 0.3) is 0 Å². The van der Waals surface area contributed by atoms with Crippen molar-refractivity contribution < 1.29 is 28.6 Å². The Hall–Kier alpha value is -3.93. The summed E-state index contributed by atoms with van der Waals surface area (Å²) in [5.41, 5.74) is 0. The van der Waals surface area contributed by atoms with Crippen molar-refractivity contribution in [2.75, 3.05) is 13.2 Å². The van der Waals surface area contributed by atoms with Gasteiger partial charge in [-0.3, -0.25) is 14.4 Å². The van der Waals surface area contributed by atoms with Gasteiger partial charge in [0.25, 0.3) is 0 Å². The lowest BCUT2D eigenvalue weighted by atomic mass is 10.0. The molecule has 0 spiro atoms. The first-order valence-corrected chi connectivity index (χ1v) is 28.9. The first kappa shape index (κ1) is 66.1. The van der Waals surface area contributed by atoms with E-state index in [9.17, 15) is 14.4 Å². The summed E-state index contributed by atoms with van der Waals surface area (Å²) in [7, 11) is 0. The van der Waals surface area contributed by atoms with Gasteiger partial charge in [0.1, 0.15) is 13.2 Å². The van der Waals surface area contributed by atoms with Crippen LogP contribution in [-0.4, -0.2) is 37.2 Å². The van der Waals surface area contributed by atoms with Crippen molar-refractivity contribution in [1.82, 2.24) is 0 Å². The second kappa shape index (κ2) is 57.6. The highest BCUT2D eigenvalue weighted by Crippen LogP contribution is 2.16. The summed E-state index contributed by atoms with van der Waals surface area (Å²) < 4.78 is 16.8. The molecule has 0 heterocycles. The Morgan fingerprint density at radius 3 is 0.957 bits per heavy atom. The first-order chi connectivity index (χ1) is 34.5. The van der Waals surface area contributed by atoms with E-state index < -0.39 is 6.10 Å². The Kier molecular flexibility index (Phi) is 54.4. The van der Waals surface area contributed by atoms with Gasteiger partial charge >= 0.3 is 17.9 Å². The summed E-state index contributed by atoms with van der Waals surface area (Å²) >= 11 is 0. The normalized spacial score (nSPS) is 12.9. The second-order valence-electron chi connectivity index (χ2n) is 18.8. The number of carbonyl (C=O) groups excluding carboxylic acids is 3. The maximum absolute atomic E-state index is 12.9. The second-order valence-corrected chi connectivity index (χ2v) is 18.8. The maximum atomic E-state index is 12.9. The monoisotopic (exact) mass is 971 g/mol. The molecule has 70 heavy (non-hydrogen) atoms. The highest BCUT2D eigenvalue weighted by molar-refractivity contribution is 5.71. The van der Waals surface area contributed by atoms with E-state index in [0.29, 0.717) is 19.3 Å². The van der Waals surface area contributed by atoms with Crippen LogP contribution >= 0.6 is 0 Å². The molecule has 0 aromatic rings. The van der Waals surface area contributed by atoms with Gasteiger partial charge in [0.15, 0.2) is 6.10 Å². The van der Waals surface area contributed by atoms with E-state index in [1.54, 1.807) is 0 Å². The van der Waals surface area contributed by atoms with E-state index in [1.807, 2.05) is 6.08 Å². The van der Waals surface area contributed by atoms with Gasteiger partial charge in [0, 0.05) is 19.3 Å². The molecule has 0 saturated heterocycles. The molecule has 0 saturated carbocycles. The van der Waals surface area contributed by atoms with E-state index in [0.717, 1.165) is 116 Å². The fourth-order valence-corrected chi connectivity index (χ4v) is 7.78. The number of hydrogen-bond acceptors (Lipinski definition) is 6. The molecule has 0 aliphatic rings. The van der Waals surface area contributed by atoms with Crippen LogP contribution in [0, 0.1) is 0 Å². The smallest absolute Gasteiger partial charge is 0.306 e. The minimum Gasteiger partial charge on any atom is -0.462 e. The van der Waals surface area contributed by atoms with Crippen LogP contribution in [0.2, 0.25) is 0 Å². The molecule has 0 aliphatic heterocycles. The largest absolute Gasteiger partial charge is 0.462 e. The molecular weight excluding hydrogens is 865 g/mol. The third-order valence-electron chi connectivity index (χ3n) is 12.0. The lowest BCUT2D eigenvalue weighted by molar-refractivity contribution is -0.166. The number of unbranched alkanes of at least 4 members (excludes halogenated alkanes) is 22. The van der Waals surface area contributed by atoms with Crippen molar-refractivity contribution in [1.29, 1.82) is 0 Å². The summed E-state index contributed by atoms with van der Waals surface area (Å²) in [5.74, 6) is -1.01. The highest BCUT2D eigenvalue weighted by Gasteiger charge is 2.19. The molecule has 398 valence electrons. The van der Waals surface area contributed by atoms with Crippen molar-refractivity contribution >= 4 is 17.9 Å². The van der Waals surface area contributed by atoms with E-state index >= 15 is 0 Å². The van der Waals surface area contributed by atoms with Crippen LogP contribution < -0.4 is 0 Å². The lowest BCUT2D eigenvalue weighted by Crippen LogP contribution is -2.30. The third-order valence-corrected chi connectivity index (χ3v) is 12.0. The van der Waals surface area contributed by atoms with Crippen molar-refractivity contribution in [2.45, 2.75) is 264 Å².